The van der Waals surface area contributed by atoms with Crippen LogP contribution in [0, 0.1) is 16.7 Å². The number of nitriles is 1. The molecule has 1 aliphatic heterocycles. The Morgan fingerprint density at radius 3 is 2.52 bits per heavy atom. The third-order valence-corrected chi connectivity index (χ3v) is 7.25. The van der Waals surface area contributed by atoms with Crippen LogP contribution in [0.4, 0.5) is 0 Å². The SMILES string of the molecule is CC(C)(c1ccccn1)N1CC[C@@](CCc2ccc(C#N)cc2)(CS(C)(=O)=O)C1. The summed E-state index contributed by atoms with van der Waals surface area (Å²) in [5, 5.41) is 8.97. The maximum atomic E-state index is 12.2. The summed E-state index contributed by atoms with van der Waals surface area (Å²) in [6.45, 7) is 5.91. The Hall–Kier alpha value is -2.23. The number of sulfone groups is 1. The highest BCUT2D eigenvalue weighted by atomic mass is 32.2. The van der Waals surface area contributed by atoms with Crippen LogP contribution in [0.2, 0.25) is 0 Å². The van der Waals surface area contributed by atoms with Gasteiger partial charge in [-0.1, -0.05) is 18.2 Å². The lowest BCUT2D eigenvalue weighted by molar-refractivity contribution is 0.129. The summed E-state index contributed by atoms with van der Waals surface area (Å²) in [5.74, 6) is 0.199. The molecule has 1 aromatic carbocycles. The molecule has 0 bridgehead atoms. The van der Waals surface area contributed by atoms with E-state index >= 15 is 0 Å². The van der Waals surface area contributed by atoms with Gasteiger partial charge in [0, 0.05) is 19.0 Å². The minimum Gasteiger partial charge on any atom is -0.292 e. The van der Waals surface area contributed by atoms with Gasteiger partial charge in [-0.2, -0.15) is 5.26 Å². The fourth-order valence-electron chi connectivity index (χ4n) is 4.40. The topological polar surface area (TPSA) is 74.1 Å². The van der Waals surface area contributed by atoms with Crippen LogP contribution in [0.25, 0.3) is 0 Å². The Labute approximate surface area is 174 Å². The third-order valence-electron chi connectivity index (χ3n) is 6.12. The molecule has 1 atom stereocenters. The number of likely N-dealkylation sites (tertiary alicyclic amines) is 1. The molecule has 1 fully saturated rings. The van der Waals surface area contributed by atoms with Crippen molar-refractivity contribution >= 4 is 9.84 Å². The molecule has 0 unspecified atom stereocenters. The molecule has 2 aromatic rings. The number of nitrogens with zero attached hydrogens (tertiary/aromatic N) is 3. The van der Waals surface area contributed by atoms with E-state index in [-0.39, 0.29) is 16.7 Å². The highest BCUT2D eigenvalue weighted by Gasteiger charge is 2.45. The molecule has 1 saturated heterocycles. The average Bonchev–Trinajstić information content (AvgIpc) is 3.11. The van der Waals surface area contributed by atoms with Crippen LogP contribution in [-0.4, -0.2) is 43.4 Å². The largest absolute Gasteiger partial charge is 0.292 e. The standard InChI is InChI=1S/C23H29N3O2S/c1-22(2,21-6-4-5-14-25-21)26-15-13-23(17-26,18-29(3,27)28)12-11-19-7-9-20(16-24)10-8-19/h4-10,14H,11-13,15,17-18H2,1-3H3/t23-/m1/s1. The average molecular weight is 412 g/mol. The van der Waals surface area contributed by atoms with Gasteiger partial charge in [0.05, 0.1) is 28.6 Å². The molecule has 0 radical (unpaired) electrons. The monoisotopic (exact) mass is 411 g/mol. The maximum Gasteiger partial charge on any atom is 0.148 e. The second-order valence-electron chi connectivity index (χ2n) is 8.82. The fraction of sp³-hybridized carbons (Fsp3) is 0.478. The molecule has 1 aliphatic rings. The van der Waals surface area contributed by atoms with Crippen molar-refractivity contribution in [3.63, 3.8) is 0 Å². The van der Waals surface area contributed by atoms with Gasteiger partial charge in [-0.25, -0.2) is 8.42 Å². The number of aryl methyl sites for hydroxylation is 1. The summed E-state index contributed by atoms with van der Waals surface area (Å²) in [6.07, 6.45) is 5.61. The molecule has 6 heteroatoms. The van der Waals surface area contributed by atoms with Gasteiger partial charge in [0.15, 0.2) is 0 Å². The van der Waals surface area contributed by atoms with Crippen molar-refractivity contribution < 1.29 is 8.42 Å². The van der Waals surface area contributed by atoms with Crippen LogP contribution >= 0.6 is 0 Å². The van der Waals surface area contributed by atoms with Crippen molar-refractivity contribution in [1.29, 1.82) is 5.26 Å². The third kappa shape index (κ3) is 5.23. The van der Waals surface area contributed by atoms with Crippen molar-refractivity contribution in [2.24, 2.45) is 5.41 Å². The first kappa shape index (κ1) is 21.5. The second-order valence-corrected chi connectivity index (χ2v) is 11.0. The Morgan fingerprint density at radius 2 is 1.93 bits per heavy atom. The van der Waals surface area contributed by atoms with Crippen LogP contribution in [0.1, 0.15) is 43.5 Å². The summed E-state index contributed by atoms with van der Waals surface area (Å²) in [5.41, 5.74) is 2.26. The molecule has 0 aliphatic carbocycles. The highest BCUT2D eigenvalue weighted by Crippen LogP contribution is 2.42. The quantitative estimate of drug-likeness (QED) is 0.696. The zero-order chi connectivity index (χ0) is 21.1. The first-order valence-corrected chi connectivity index (χ1v) is 12.0. The van der Waals surface area contributed by atoms with E-state index in [4.69, 9.17) is 5.26 Å². The summed E-state index contributed by atoms with van der Waals surface area (Å²) >= 11 is 0. The molecular weight excluding hydrogens is 382 g/mol. The number of hydrogen-bond acceptors (Lipinski definition) is 5. The smallest absolute Gasteiger partial charge is 0.148 e. The number of aromatic nitrogens is 1. The summed E-state index contributed by atoms with van der Waals surface area (Å²) < 4.78 is 24.5. The Bertz CT molecular complexity index is 979. The summed E-state index contributed by atoms with van der Waals surface area (Å²) in [7, 11) is -3.10. The second kappa shape index (κ2) is 8.25. The molecule has 5 nitrogen and oxygen atoms in total. The van der Waals surface area contributed by atoms with Crippen LogP contribution < -0.4 is 0 Å². The molecule has 154 valence electrons. The van der Waals surface area contributed by atoms with Crippen LogP contribution in [0.5, 0.6) is 0 Å². The number of benzene rings is 1. The van der Waals surface area contributed by atoms with Crippen molar-refractivity contribution in [3.05, 3.63) is 65.5 Å². The van der Waals surface area contributed by atoms with Gasteiger partial charge in [-0.3, -0.25) is 9.88 Å². The molecule has 0 spiro atoms. The normalized spacial score (nSPS) is 20.5. The molecular formula is C23H29N3O2S. The first-order chi connectivity index (χ1) is 13.6. The van der Waals surface area contributed by atoms with E-state index in [2.05, 4.69) is 29.8 Å². The molecule has 0 saturated carbocycles. The van der Waals surface area contributed by atoms with E-state index in [1.165, 1.54) is 6.26 Å². The van der Waals surface area contributed by atoms with E-state index in [9.17, 15) is 8.42 Å². The van der Waals surface area contributed by atoms with Crippen molar-refractivity contribution in [2.75, 3.05) is 25.1 Å². The van der Waals surface area contributed by atoms with Crippen LogP contribution in [0.15, 0.2) is 48.7 Å². The molecule has 0 amide bonds. The van der Waals surface area contributed by atoms with Gasteiger partial charge < -0.3 is 0 Å². The Kier molecular flexibility index (Phi) is 6.11. The molecule has 2 heterocycles. The molecule has 1 aromatic heterocycles. The van der Waals surface area contributed by atoms with Gasteiger partial charge >= 0.3 is 0 Å². The lowest BCUT2D eigenvalue weighted by Gasteiger charge is -2.37. The minimum atomic E-state index is -3.10. The van der Waals surface area contributed by atoms with Gasteiger partial charge in [0.1, 0.15) is 9.84 Å². The van der Waals surface area contributed by atoms with Gasteiger partial charge in [-0.15, -0.1) is 0 Å². The van der Waals surface area contributed by atoms with E-state index in [1.54, 1.807) is 0 Å². The number of rotatable bonds is 7. The zero-order valence-electron chi connectivity index (χ0n) is 17.4. The molecule has 0 N–H and O–H groups in total. The summed E-state index contributed by atoms with van der Waals surface area (Å²) in [6, 6.07) is 15.7. The van der Waals surface area contributed by atoms with Crippen molar-refractivity contribution in [3.8, 4) is 6.07 Å². The zero-order valence-corrected chi connectivity index (χ0v) is 18.2. The lowest BCUT2D eigenvalue weighted by Crippen LogP contribution is -2.43. The molecule has 29 heavy (non-hydrogen) atoms. The summed E-state index contributed by atoms with van der Waals surface area (Å²) in [4.78, 5) is 6.92. The lowest BCUT2D eigenvalue weighted by atomic mass is 9.83. The Morgan fingerprint density at radius 1 is 1.21 bits per heavy atom. The predicted molar refractivity (Wildman–Crippen MR) is 115 cm³/mol. The first-order valence-electron chi connectivity index (χ1n) is 9.97. The Balaban J connectivity index is 1.79. The van der Waals surface area contributed by atoms with Gasteiger partial charge in [0.25, 0.3) is 0 Å². The van der Waals surface area contributed by atoms with E-state index in [1.807, 2.05) is 48.7 Å². The van der Waals surface area contributed by atoms with Gasteiger partial charge in [-0.05, 0) is 74.9 Å². The van der Waals surface area contributed by atoms with Crippen molar-refractivity contribution in [1.82, 2.24) is 9.88 Å². The van der Waals surface area contributed by atoms with E-state index < -0.39 is 9.84 Å². The highest BCUT2D eigenvalue weighted by molar-refractivity contribution is 7.90. The van der Waals surface area contributed by atoms with E-state index in [0.717, 1.165) is 43.6 Å². The van der Waals surface area contributed by atoms with E-state index in [0.29, 0.717) is 5.56 Å². The minimum absolute atomic E-state index is 0.199. The maximum absolute atomic E-state index is 12.2. The van der Waals surface area contributed by atoms with Crippen molar-refractivity contribution in [2.45, 2.75) is 38.6 Å². The fourth-order valence-corrected chi connectivity index (χ4v) is 5.90. The molecule has 3 rings (SSSR count). The predicted octanol–water partition coefficient (Wildman–Crippen LogP) is 3.56. The number of hydrogen-bond donors (Lipinski definition) is 0. The van der Waals surface area contributed by atoms with Crippen LogP contribution in [0.3, 0.4) is 0 Å². The number of pyridine rings is 1. The van der Waals surface area contributed by atoms with Gasteiger partial charge in [0.2, 0.25) is 0 Å². The van der Waals surface area contributed by atoms with Crippen LogP contribution in [-0.2, 0) is 21.8 Å².